The molecular weight excluding hydrogens is 430 g/mol. The molecule has 164 valence electrons. The molecule has 1 N–H and O–H groups in total. The minimum Gasteiger partial charge on any atom is -0.350 e. The second-order valence-corrected chi connectivity index (χ2v) is 10.6. The van der Waals surface area contributed by atoms with Gasteiger partial charge >= 0.3 is 0 Å². The summed E-state index contributed by atoms with van der Waals surface area (Å²) in [6, 6.07) is 15.1. The third-order valence-corrected chi connectivity index (χ3v) is 8.30. The number of nitrogens with zero attached hydrogens (tertiary/aromatic N) is 2. The van der Waals surface area contributed by atoms with E-state index in [1.165, 1.54) is 4.90 Å². The Kier molecular flexibility index (Phi) is 6.69. The van der Waals surface area contributed by atoms with E-state index in [2.05, 4.69) is 5.32 Å². The fraction of sp³-hybridized carbons (Fsp3) is 0.348. The molecule has 0 spiro atoms. The standard InChI is InChI=1S/C23H27N3O3S2/c1-30-20-7-5-18(6-8-20)16-24-23(27)17-25-14-11-19-15-21(9-10-22(19)25)31(28,29)26-12-3-2-4-13-26/h5-11,14-15H,2-4,12-13,16-17H2,1H3,(H,24,27). The quantitative estimate of drug-likeness (QED) is 0.547. The van der Waals surface area contributed by atoms with Crippen molar-refractivity contribution in [1.29, 1.82) is 0 Å². The van der Waals surface area contributed by atoms with Crippen LogP contribution >= 0.6 is 11.8 Å². The second-order valence-electron chi connectivity index (χ2n) is 7.75. The molecule has 0 aliphatic carbocycles. The average molecular weight is 458 g/mol. The van der Waals surface area contributed by atoms with Gasteiger partial charge in [-0.3, -0.25) is 4.79 Å². The minimum absolute atomic E-state index is 0.0866. The zero-order valence-corrected chi connectivity index (χ0v) is 19.2. The van der Waals surface area contributed by atoms with Crippen molar-refractivity contribution in [3.8, 4) is 0 Å². The number of sulfonamides is 1. The zero-order valence-electron chi connectivity index (χ0n) is 17.6. The lowest BCUT2D eigenvalue weighted by molar-refractivity contribution is -0.121. The third-order valence-electron chi connectivity index (χ3n) is 5.66. The van der Waals surface area contributed by atoms with E-state index in [9.17, 15) is 13.2 Å². The van der Waals surface area contributed by atoms with Crippen LogP contribution < -0.4 is 5.32 Å². The highest BCUT2D eigenvalue weighted by Crippen LogP contribution is 2.25. The SMILES string of the molecule is CSc1ccc(CNC(=O)Cn2ccc3cc(S(=O)(=O)N4CCCCC4)ccc32)cc1. The predicted octanol–water partition coefficient (Wildman–Crippen LogP) is 3.85. The van der Waals surface area contributed by atoms with Crippen molar-refractivity contribution in [3.05, 3.63) is 60.3 Å². The number of nitrogens with one attached hydrogen (secondary N) is 1. The Balaban J connectivity index is 1.43. The van der Waals surface area contributed by atoms with Crippen LogP contribution in [0.5, 0.6) is 0 Å². The van der Waals surface area contributed by atoms with Gasteiger partial charge in [-0.1, -0.05) is 18.6 Å². The second kappa shape index (κ2) is 9.46. The van der Waals surface area contributed by atoms with Gasteiger partial charge in [0.05, 0.1) is 4.90 Å². The molecule has 1 aromatic heterocycles. The predicted molar refractivity (Wildman–Crippen MR) is 125 cm³/mol. The topological polar surface area (TPSA) is 71.4 Å². The molecule has 2 aromatic carbocycles. The van der Waals surface area contributed by atoms with E-state index in [0.29, 0.717) is 24.5 Å². The highest BCUT2D eigenvalue weighted by atomic mass is 32.2. The van der Waals surface area contributed by atoms with Crippen molar-refractivity contribution >= 4 is 38.6 Å². The van der Waals surface area contributed by atoms with Gasteiger partial charge in [0.2, 0.25) is 15.9 Å². The summed E-state index contributed by atoms with van der Waals surface area (Å²) in [6.07, 6.45) is 6.77. The number of hydrogen-bond donors (Lipinski definition) is 1. The van der Waals surface area contributed by atoms with E-state index < -0.39 is 10.0 Å². The minimum atomic E-state index is -3.47. The maximum absolute atomic E-state index is 12.9. The summed E-state index contributed by atoms with van der Waals surface area (Å²) in [5, 5.41) is 3.77. The van der Waals surface area contributed by atoms with Crippen LogP contribution in [-0.4, -0.2) is 42.5 Å². The van der Waals surface area contributed by atoms with Crippen LogP contribution in [0.15, 0.2) is 64.5 Å². The van der Waals surface area contributed by atoms with E-state index >= 15 is 0 Å². The van der Waals surface area contributed by atoms with E-state index in [1.807, 2.05) is 47.4 Å². The van der Waals surface area contributed by atoms with Gasteiger partial charge < -0.3 is 9.88 Å². The number of carbonyl (C=O) groups is 1. The molecule has 1 aliphatic heterocycles. The molecule has 4 rings (SSSR count). The maximum Gasteiger partial charge on any atom is 0.243 e. The average Bonchev–Trinajstić information content (AvgIpc) is 3.20. The molecule has 1 saturated heterocycles. The fourth-order valence-corrected chi connectivity index (χ4v) is 5.85. The van der Waals surface area contributed by atoms with Gasteiger partial charge in [0.1, 0.15) is 6.54 Å². The summed E-state index contributed by atoms with van der Waals surface area (Å²) < 4.78 is 29.3. The van der Waals surface area contributed by atoms with Crippen LogP contribution in [0.4, 0.5) is 0 Å². The van der Waals surface area contributed by atoms with Gasteiger partial charge in [-0.2, -0.15) is 4.31 Å². The summed E-state index contributed by atoms with van der Waals surface area (Å²) in [4.78, 5) is 14.0. The first-order valence-electron chi connectivity index (χ1n) is 10.5. The maximum atomic E-state index is 12.9. The molecule has 0 atom stereocenters. The first-order valence-corrected chi connectivity index (χ1v) is 13.1. The van der Waals surface area contributed by atoms with Crippen molar-refractivity contribution in [1.82, 2.24) is 14.2 Å². The summed E-state index contributed by atoms with van der Waals surface area (Å²) in [5.41, 5.74) is 1.90. The number of fused-ring (bicyclic) bond motifs is 1. The monoisotopic (exact) mass is 457 g/mol. The van der Waals surface area contributed by atoms with Gasteiger partial charge in [0.25, 0.3) is 0 Å². The molecule has 1 fully saturated rings. The summed E-state index contributed by atoms with van der Waals surface area (Å²) in [6.45, 7) is 1.83. The molecule has 0 radical (unpaired) electrons. The molecule has 3 aromatic rings. The molecule has 0 saturated carbocycles. The van der Waals surface area contributed by atoms with Gasteiger partial charge in [-0.15, -0.1) is 11.8 Å². The number of carbonyl (C=O) groups excluding carboxylic acids is 1. The van der Waals surface area contributed by atoms with E-state index in [1.54, 1.807) is 34.3 Å². The number of piperidine rings is 1. The van der Waals surface area contributed by atoms with Gasteiger partial charge in [-0.25, -0.2) is 8.42 Å². The van der Waals surface area contributed by atoms with Crippen LogP contribution in [0, 0.1) is 0 Å². The Bertz CT molecular complexity index is 1160. The lowest BCUT2D eigenvalue weighted by atomic mass is 10.2. The van der Waals surface area contributed by atoms with Crippen LogP contribution in [0.25, 0.3) is 10.9 Å². The summed E-state index contributed by atoms with van der Waals surface area (Å²) in [5.74, 6) is -0.0866. The first kappa shape index (κ1) is 21.9. The van der Waals surface area contributed by atoms with Crippen LogP contribution in [0.3, 0.4) is 0 Å². The largest absolute Gasteiger partial charge is 0.350 e. The van der Waals surface area contributed by atoms with Crippen LogP contribution in [0.1, 0.15) is 24.8 Å². The van der Waals surface area contributed by atoms with E-state index in [0.717, 1.165) is 35.7 Å². The summed E-state index contributed by atoms with van der Waals surface area (Å²) >= 11 is 1.69. The lowest BCUT2D eigenvalue weighted by Gasteiger charge is -2.25. The van der Waals surface area contributed by atoms with Crippen LogP contribution in [0.2, 0.25) is 0 Å². The van der Waals surface area contributed by atoms with Crippen molar-refractivity contribution in [3.63, 3.8) is 0 Å². The first-order chi connectivity index (χ1) is 15.0. The normalized spacial score (nSPS) is 15.3. The van der Waals surface area contributed by atoms with Crippen molar-refractivity contribution in [2.45, 2.75) is 42.1 Å². The van der Waals surface area contributed by atoms with Crippen molar-refractivity contribution in [2.24, 2.45) is 0 Å². The number of hydrogen-bond acceptors (Lipinski definition) is 4. The number of aromatic nitrogens is 1. The van der Waals surface area contributed by atoms with Crippen molar-refractivity contribution < 1.29 is 13.2 Å². The molecule has 2 heterocycles. The highest BCUT2D eigenvalue weighted by molar-refractivity contribution is 7.98. The smallest absolute Gasteiger partial charge is 0.243 e. The number of amides is 1. The molecule has 8 heteroatoms. The Morgan fingerprint density at radius 1 is 1.03 bits per heavy atom. The molecule has 1 amide bonds. The Hall–Kier alpha value is -2.29. The Morgan fingerprint density at radius 3 is 2.48 bits per heavy atom. The Morgan fingerprint density at radius 2 is 1.77 bits per heavy atom. The van der Waals surface area contributed by atoms with E-state index in [4.69, 9.17) is 0 Å². The number of rotatable bonds is 7. The van der Waals surface area contributed by atoms with E-state index in [-0.39, 0.29) is 12.5 Å². The Labute approximate surface area is 187 Å². The molecule has 31 heavy (non-hydrogen) atoms. The molecule has 0 unspecified atom stereocenters. The lowest BCUT2D eigenvalue weighted by Crippen LogP contribution is -2.35. The molecule has 6 nitrogen and oxygen atoms in total. The highest BCUT2D eigenvalue weighted by Gasteiger charge is 2.26. The third kappa shape index (κ3) is 4.97. The van der Waals surface area contributed by atoms with Crippen LogP contribution in [-0.2, 0) is 27.9 Å². The number of thioether (sulfide) groups is 1. The zero-order chi connectivity index (χ0) is 21.8. The van der Waals surface area contributed by atoms with Gasteiger partial charge in [0, 0.05) is 41.6 Å². The number of benzene rings is 2. The molecular formula is C23H27N3O3S2. The van der Waals surface area contributed by atoms with Gasteiger partial charge in [-0.05, 0) is 61.1 Å². The molecule has 0 bridgehead atoms. The van der Waals surface area contributed by atoms with Gasteiger partial charge in [0.15, 0.2) is 0 Å². The van der Waals surface area contributed by atoms with Crippen molar-refractivity contribution in [2.75, 3.05) is 19.3 Å². The fourth-order valence-electron chi connectivity index (χ4n) is 3.89. The summed E-state index contributed by atoms with van der Waals surface area (Å²) in [7, 11) is -3.47. The molecule has 1 aliphatic rings.